The minimum Gasteiger partial charge on any atom is -0.454 e. The number of aliphatic hydroxyl groups is 1. The van der Waals surface area contributed by atoms with Gasteiger partial charge in [-0.15, -0.1) is 0 Å². The Hall–Kier alpha value is -2.71. The third-order valence-corrected chi connectivity index (χ3v) is 6.01. The van der Waals surface area contributed by atoms with Crippen molar-refractivity contribution >= 4 is 22.7 Å². The lowest BCUT2D eigenvalue weighted by molar-refractivity contribution is 0.181. The highest BCUT2D eigenvalue weighted by atomic mass is 16.5. The van der Waals surface area contributed by atoms with Gasteiger partial charge in [-0.1, -0.05) is 20.8 Å². The number of rotatable bonds is 8. The Kier molecular flexibility index (Phi) is 6.86. The Balaban J connectivity index is 1.71. The van der Waals surface area contributed by atoms with Crippen molar-refractivity contribution in [2.45, 2.75) is 59.6 Å². The van der Waals surface area contributed by atoms with E-state index in [1.807, 2.05) is 19.1 Å². The van der Waals surface area contributed by atoms with Crippen LogP contribution < -0.4 is 10.6 Å². The second-order valence-electron chi connectivity index (χ2n) is 10.2. The molecule has 1 aliphatic rings. The zero-order chi connectivity index (χ0) is 23.6. The van der Waals surface area contributed by atoms with E-state index in [9.17, 15) is 5.11 Å². The SMILES string of the molecule is COCc1cc2cc(-c3c(C)nc(NCC(C)(C)C)nc3NC3CCC(CO)C3)oc2cn1. The van der Waals surface area contributed by atoms with E-state index >= 15 is 0 Å². The predicted octanol–water partition coefficient (Wildman–Crippen LogP) is 4.77. The standard InChI is InChI=1S/C25H35N5O3/c1-15-22(20-10-17-9-19(13-32-5)26-11-21(17)33-20)23(29-18-7-6-16(8-18)12-31)30-24(28-15)27-14-25(2,3)4/h9-11,16,18,31H,6-8,12-14H2,1-5H3,(H2,27,28,29,30). The van der Waals surface area contributed by atoms with Gasteiger partial charge in [0.05, 0.1) is 29.8 Å². The zero-order valence-electron chi connectivity index (χ0n) is 20.2. The van der Waals surface area contributed by atoms with E-state index in [4.69, 9.17) is 19.1 Å². The quantitative estimate of drug-likeness (QED) is 0.448. The van der Waals surface area contributed by atoms with E-state index in [-0.39, 0.29) is 18.1 Å². The number of nitrogens with zero attached hydrogens (tertiary/aromatic N) is 3. The molecule has 8 nitrogen and oxygen atoms in total. The Bertz CT molecular complexity index is 1110. The molecule has 0 radical (unpaired) electrons. The van der Waals surface area contributed by atoms with Gasteiger partial charge in [0.25, 0.3) is 0 Å². The van der Waals surface area contributed by atoms with Crippen molar-refractivity contribution in [3.63, 3.8) is 0 Å². The summed E-state index contributed by atoms with van der Waals surface area (Å²) in [5, 5.41) is 17.5. The summed E-state index contributed by atoms with van der Waals surface area (Å²) in [5.41, 5.74) is 3.37. The van der Waals surface area contributed by atoms with E-state index in [1.165, 1.54) is 0 Å². The molecule has 178 valence electrons. The third-order valence-electron chi connectivity index (χ3n) is 6.01. The van der Waals surface area contributed by atoms with Crippen LogP contribution in [0.15, 0.2) is 22.7 Å². The molecule has 3 aromatic rings. The van der Waals surface area contributed by atoms with Crippen LogP contribution in [-0.4, -0.2) is 46.4 Å². The molecule has 3 aromatic heterocycles. The number of aromatic nitrogens is 3. The lowest BCUT2D eigenvalue weighted by Gasteiger charge is -2.21. The van der Waals surface area contributed by atoms with Crippen LogP contribution in [0.4, 0.5) is 11.8 Å². The number of pyridine rings is 1. The number of nitrogens with one attached hydrogen (secondary N) is 2. The summed E-state index contributed by atoms with van der Waals surface area (Å²) in [6, 6.07) is 4.25. The first kappa shape index (κ1) is 23.4. The minimum absolute atomic E-state index is 0.106. The monoisotopic (exact) mass is 453 g/mol. The van der Waals surface area contributed by atoms with Crippen molar-refractivity contribution in [3.05, 3.63) is 29.7 Å². The van der Waals surface area contributed by atoms with Gasteiger partial charge in [0, 0.05) is 31.7 Å². The second-order valence-corrected chi connectivity index (χ2v) is 10.2. The number of hydrogen-bond acceptors (Lipinski definition) is 8. The van der Waals surface area contributed by atoms with Gasteiger partial charge in [-0.05, 0) is 49.7 Å². The van der Waals surface area contributed by atoms with Crippen LogP contribution in [0, 0.1) is 18.3 Å². The summed E-state index contributed by atoms with van der Waals surface area (Å²) in [6.45, 7) is 9.95. The smallest absolute Gasteiger partial charge is 0.224 e. The number of aliphatic hydroxyl groups excluding tert-OH is 1. The molecule has 0 bridgehead atoms. The molecule has 0 aliphatic heterocycles. The fourth-order valence-electron chi connectivity index (χ4n) is 4.30. The molecule has 0 amide bonds. The van der Waals surface area contributed by atoms with Crippen LogP contribution in [0.3, 0.4) is 0 Å². The maximum Gasteiger partial charge on any atom is 0.224 e. The van der Waals surface area contributed by atoms with Crippen molar-refractivity contribution in [3.8, 4) is 11.3 Å². The molecule has 2 unspecified atom stereocenters. The highest BCUT2D eigenvalue weighted by molar-refractivity contribution is 5.86. The highest BCUT2D eigenvalue weighted by Crippen LogP contribution is 2.37. The molecule has 4 rings (SSSR count). The van der Waals surface area contributed by atoms with Gasteiger partial charge in [0.2, 0.25) is 5.95 Å². The van der Waals surface area contributed by atoms with Gasteiger partial charge >= 0.3 is 0 Å². The first-order chi connectivity index (χ1) is 15.8. The van der Waals surface area contributed by atoms with Gasteiger partial charge in [-0.2, -0.15) is 4.98 Å². The summed E-state index contributed by atoms with van der Waals surface area (Å²) in [4.78, 5) is 14.0. The number of furan rings is 1. The fourth-order valence-corrected chi connectivity index (χ4v) is 4.30. The summed E-state index contributed by atoms with van der Waals surface area (Å²) < 4.78 is 11.4. The molecular formula is C25H35N5O3. The summed E-state index contributed by atoms with van der Waals surface area (Å²) >= 11 is 0. The maximum atomic E-state index is 9.56. The second kappa shape index (κ2) is 9.65. The molecule has 1 aliphatic carbocycles. The molecule has 3 N–H and O–H groups in total. The normalized spacial score (nSPS) is 18.7. The van der Waals surface area contributed by atoms with Crippen molar-refractivity contribution in [1.29, 1.82) is 0 Å². The molecule has 0 saturated heterocycles. The first-order valence-corrected chi connectivity index (χ1v) is 11.6. The molecule has 0 aromatic carbocycles. The Morgan fingerprint density at radius 1 is 1.21 bits per heavy atom. The largest absolute Gasteiger partial charge is 0.454 e. The van der Waals surface area contributed by atoms with E-state index in [1.54, 1.807) is 13.3 Å². The molecule has 1 fully saturated rings. The van der Waals surface area contributed by atoms with Crippen LogP contribution >= 0.6 is 0 Å². The number of ether oxygens (including phenoxy) is 1. The van der Waals surface area contributed by atoms with Crippen LogP contribution in [0.1, 0.15) is 51.4 Å². The van der Waals surface area contributed by atoms with Crippen molar-refractivity contribution < 1.29 is 14.3 Å². The molecule has 3 heterocycles. The fraction of sp³-hybridized carbons (Fsp3) is 0.560. The number of fused-ring (bicyclic) bond motifs is 1. The maximum absolute atomic E-state index is 9.56. The Morgan fingerprint density at radius 3 is 2.73 bits per heavy atom. The molecular weight excluding hydrogens is 418 g/mol. The Labute approximate surface area is 195 Å². The minimum atomic E-state index is 0.106. The first-order valence-electron chi connectivity index (χ1n) is 11.6. The average Bonchev–Trinajstić information content (AvgIpc) is 3.38. The van der Waals surface area contributed by atoms with E-state index in [0.29, 0.717) is 29.8 Å². The highest BCUT2D eigenvalue weighted by Gasteiger charge is 2.27. The van der Waals surface area contributed by atoms with E-state index in [0.717, 1.165) is 54.0 Å². The van der Waals surface area contributed by atoms with Crippen molar-refractivity contribution in [2.24, 2.45) is 11.3 Å². The van der Waals surface area contributed by atoms with Crippen LogP contribution in [0.5, 0.6) is 0 Å². The Morgan fingerprint density at radius 2 is 2.03 bits per heavy atom. The molecule has 2 atom stereocenters. The topological polar surface area (TPSA) is 105 Å². The van der Waals surface area contributed by atoms with Crippen molar-refractivity contribution in [2.75, 3.05) is 30.9 Å². The summed E-state index contributed by atoms with van der Waals surface area (Å²) in [6.07, 6.45) is 4.68. The van der Waals surface area contributed by atoms with Crippen LogP contribution in [0.2, 0.25) is 0 Å². The molecule has 33 heavy (non-hydrogen) atoms. The predicted molar refractivity (Wildman–Crippen MR) is 130 cm³/mol. The van der Waals surface area contributed by atoms with Gasteiger partial charge < -0.3 is 24.9 Å². The number of aryl methyl sites for hydroxylation is 1. The van der Waals surface area contributed by atoms with Gasteiger partial charge in [0.1, 0.15) is 11.6 Å². The molecule has 8 heteroatoms. The van der Waals surface area contributed by atoms with Crippen LogP contribution in [-0.2, 0) is 11.3 Å². The molecule has 0 spiro atoms. The lowest BCUT2D eigenvalue weighted by atomic mass is 9.97. The van der Waals surface area contributed by atoms with Gasteiger partial charge in [-0.25, -0.2) is 4.98 Å². The number of hydrogen-bond donors (Lipinski definition) is 3. The van der Waals surface area contributed by atoms with E-state index < -0.39 is 0 Å². The number of anilines is 2. The molecule has 1 saturated carbocycles. The zero-order valence-corrected chi connectivity index (χ0v) is 20.2. The third kappa shape index (κ3) is 5.62. The summed E-state index contributed by atoms with van der Waals surface area (Å²) in [5.74, 6) is 2.40. The van der Waals surface area contributed by atoms with Gasteiger partial charge in [-0.3, -0.25) is 4.98 Å². The summed E-state index contributed by atoms with van der Waals surface area (Å²) in [7, 11) is 1.66. The average molecular weight is 454 g/mol. The van der Waals surface area contributed by atoms with Gasteiger partial charge in [0.15, 0.2) is 5.58 Å². The van der Waals surface area contributed by atoms with Crippen LogP contribution in [0.25, 0.3) is 22.3 Å². The lowest BCUT2D eigenvalue weighted by Crippen LogP contribution is -2.22. The number of methoxy groups -OCH3 is 1. The van der Waals surface area contributed by atoms with Crippen molar-refractivity contribution in [1.82, 2.24) is 15.0 Å². The van der Waals surface area contributed by atoms with E-state index in [2.05, 4.69) is 36.4 Å².